The van der Waals surface area contributed by atoms with Crippen molar-refractivity contribution in [3.8, 4) is 0 Å². The van der Waals surface area contributed by atoms with E-state index in [9.17, 15) is 18.4 Å². The highest BCUT2D eigenvalue weighted by Gasteiger charge is 2.24. The number of primary amides is 1. The smallest absolute Gasteiger partial charge is 0.286 e. The van der Waals surface area contributed by atoms with Gasteiger partial charge in [0, 0.05) is 17.7 Å². The van der Waals surface area contributed by atoms with Crippen LogP contribution in [0.1, 0.15) is 32.2 Å². The molecule has 2 aromatic rings. The van der Waals surface area contributed by atoms with Gasteiger partial charge in [-0.1, -0.05) is 0 Å². The second kappa shape index (κ2) is 5.71. The lowest BCUT2D eigenvalue weighted by atomic mass is 10.1. The summed E-state index contributed by atoms with van der Waals surface area (Å²) in [6.07, 6.45) is 3.14. The van der Waals surface area contributed by atoms with Gasteiger partial charge in [0.2, 0.25) is 5.82 Å². The fourth-order valence-corrected chi connectivity index (χ4v) is 2.34. The van der Waals surface area contributed by atoms with Gasteiger partial charge in [0.05, 0.1) is 18.4 Å². The Morgan fingerprint density at radius 1 is 1.26 bits per heavy atom. The number of nitrogens with two attached hydrogens (primary N) is 1. The number of hydrogen-bond donors (Lipinski definition) is 1. The third-order valence-corrected chi connectivity index (χ3v) is 3.53. The van der Waals surface area contributed by atoms with E-state index in [4.69, 9.17) is 5.73 Å². The number of carbonyl (C=O) groups excluding carboxylic acids is 2. The average Bonchev–Trinajstić information content (AvgIpc) is 2.55. The summed E-state index contributed by atoms with van der Waals surface area (Å²) >= 11 is 0. The van der Waals surface area contributed by atoms with Crippen molar-refractivity contribution in [2.45, 2.75) is 13.0 Å². The lowest BCUT2D eigenvalue weighted by molar-refractivity contribution is 0.0731. The molecule has 0 atom stereocenters. The van der Waals surface area contributed by atoms with Gasteiger partial charge in [-0.05, 0) is 24.6 Å². The van der Waals surface area contributed by atoms with Crippen molar-refractivity contribution in [1.29, 1.82) is 0 Å². The maximum atomic E-state index is 13.3. The van der Waals surface area contributed by atoms with Crippen LogP contribution in [0.25, 0.3) is 0 Å². The summed E-state index contributed by atoms with van der Waals surface area (Å²) in [4.78, 5) is 32.7. The summed E-state index contributed by atoms with van der Waals surface area (Å²) < 4.78 is 26.2. The van der Waals surface area contributed by atoms with E-state index in [2.05, 4.69) is 16.2 Å². The molecule has 2 N–H and O–H groups in total. The third kappa shape index (κ3) is 2.87. The van der Waals surface area contributed by atoms with Gasteiger partial charge in [0.1, 0.15) is 0 Å². The molecule has 1 aliphatic heterocycles. The van der Waals surface area contributed by atoms with Gasteiger partial charge in [-0.3, -0.25) is 9.59 Å². The summed E-state index contributed by atoms with van der Waals surface area (Å²) in [5, 5.41) is 0. The molecule has 1 aromatic heterocycles. The molecular weight excluding hydrogens is 306 g/mol. The van der Waals surface area contributed by atoms with Gasteiger partial charge in [-0.2, -0.15) is 0 Å². The monoisotopic (exact) mass is 317 g/mol. The predicted octanol–water partition coefficient (Wildman–Crippen LogP) is 0.852. The summed E-state index contributed by atoms with van der Waals surface area (Å²) in [7, 11) is 0. The van der Waals surface area contributed by atoms with E-state index in [-0.39, 0.29) is 17.9 Å². The van der Waals surface area contributed by atoms with Gasteiger partial charge in [-0.25, -0.2) is 18.7 Å². The fourth-order valence-electron chi connectivity index (χ4n) is 2.34. The number of benzene rings is 1. The molecule has 1 radical (unpaired) electrons. The van der Waals surface area contributed by atoms with Gasteiger partial charge in [-0.15, -0.1) is 0 Å². The zero-order chi connectivity index (χ0) is 16.6. The molecule has 0 fully saturated rings. The summed E-state index contributed by atoms with van der Waals surface area (Å²) in [5.74, 6) is -3.51. The van der Waals surface area contributed by atoms with Crippen molar-refractivity contribution < 1.29 is 18.4 Å². The Bertz CT molecular complexity index is 810. The zero-order valence-electron chi connectivity index (χ0n) is 11.8. The quantitative estimate of drug-likeness (QED) is 0.889. The van der Waals surface area contributed by atoms with Crippen LogP contribution in [0.5, 0.6) is 0 Å². The van der Waals surface area contributed by atoms with Crippen LogP contribution in [0.2, 0.25) is 0 Å². The van der Waals surface area contributed by atoms with Gasteiger partial charge in [0.25, 0.3) is 11.8 Å². The van der Waals surface area contributed by atoms with Crippen LogP contribution >= 0.6 is 0 Å². The highest BCUT2D eigenvalue weighted by molar-refractivity contribution is 5.94. The van der Waals surface area contributed by atoms with Gasteiger partial charge < -0.3 is 10.6 Å². The highest BCUT2D eigenvalue weighted by atomic mass is 19.2. The number of fused-ring (bicyclic) bond motifs is 1. The molecule has 23 heavy (non-hydrogen) atoms. The molecule has 3 rings (SSSR count). The van der Waals surface area contributed by atoms with Crippen molar-refractivity contribution >= 4 is 11.8 Å². The molecule has 0 unspecified atom stereocenters. The number of amides is 2. The minimum atomic E-state index is -1.08. The van der Waals surface area contributed by atoms with E-state index >= 15 is 0 Å². The summed E-state index contributed by atoms with van der Waals surface area (Å²) in [6, 6.07) is 2.98. The van der Waals surface area contributed by atoms with Crippen molar-refractivity contribution in [3.05, 3.63) is 58.7 Å². The van der Waals surface area contributed by atoms with E-state index in [1.54, 1.807) is 0 Å². The number of halogens is 2. The minimum absolute atomic E-state index is 0.0421. The van der Waals surface area contributed by atoms with Crippen LogP contribution in [0.15, 0.2) is 18.2 Å². The molecule has 2 amide bonds. The Morgan fingerprint density at radius 3 is 2.74 bits per heavy atom. The largest absolute Gasteiger partial charge is 0.363 e. The van der Waals surface area contributed by atoms with E-state index in [0.29, 0.717) is 24.2 Å². The van der Waals surface area contributed by atoms with E-state index in [0.717, 1.165) is 12.1 Å². The molecule has 0 saturated carbocycles. The lowest BCUT2D eigenvalue weighted by Crippen LogP contribution is -2.37. The average molecular weight is 317 g/mol. The van der Waals surface area contributed by atoms with E-state index in [1.807, 2.05) is 0 Å². The molecule has 1 aliphatic rings. The molecular formula is C15H11F2N4O2. The molecule has 1 aromatic carbocycles. The molecule has 0 aliphatic carbocycles. The predicted molar refractivity (Wildman–Crippen MR) is 74.2 cm³/mol. The highest BCUT2D eigenvalue weighted by Crippen LogP contribution is 2.19. The number of rotatable bonds is 2. The molecule has 0 spiro atoms. The summed E-state index contributed by atoms with van der Waals surface area (Å²) in [5.41, 5.74) is 6.33. The third-order valence-electron chi connectivity index (χ3n) is 3.53. The Hall–Kier alpha value is -2.90. The normalized spacial score (nSPS) is 13.6. The van der Waals surface area contributed by atoms with Gasteiger partial charge in [0.15, 0.2) is 11.6 Å². The molecule has 0 bridgehead atoms. The van der Waals surface area contributed by atoms with E-state index < -0.39 is 23.4 Å². The zero-order valence-corrected chi connectivity index (χ0v) is 11.8. The Labute approximate surface area is 130 Å². The van der Waals surface area contributed by atoms with Crippen molar-refractivity contribution in [2.24, 2.45) is 5.73 Å². The van der Waals surface area contributed by atoms with Crippen molar-refractivity contribution in [3.63, 3.8) is 0 Å². The standard InChI is InChI=1S/C15H11F2N4O2/c16-10-2-1-8(5-11(10)17)15(23)21-4-3-9-6-19-14(13(18)22)20-12(9)7-21/h1-2,5H,3-4,7H2,(H2,18,22). The molecule has 117 valence electrons. The van der Waals surface area contributed by atoms with Gasteiger partial charge >= 0.3 is 0 Å². The fraction of sp³-hybridized carbons (Fsp3) is 0.200. The van der Waals surface area contributed by atoms with Crippen molar-refractivity contribution in [1.82, 2.24) is 14.9 Å². The molecule has 2 heterocycles. The molecule has 8 heteroatoms. The Balaban J connectivity index is 1.85. The maximum absolute atomic E-state index is 13.3. The van der Waals surface area contributed by atoms with Crippen molar-refractivity contribution in [2.75, 3.05) is 6.54 Å². The lowest BCUT2D eigenvalue weighted by Gasteiger charge is -2.27. The van der Waals surface area contributed by atoms with Crippen LogP contribution in [0.4, 0.5) is 8.78 Å². The second-order valence-corrected chi connectivity index (χ2v) is 5.05. The first kappa shape index (κ1) is 15.0. The summed E-state index contributed by atoms with van der Waals surface area (Å²) in [6.45, 7) is 0.479. The SMILES string of the molecule is NC(=O)c1n[c]c2c(n1)CN(C(=O)c1ccc(F)c(F)c1)CC2. The van der Waals surface area contributed by atoms with Crippen LogP contribution in [0, 0.1) is 17.8 Å². The van der Waals surface area contributed by atoms with Crippen LogP contribution in [-0.4, -0.2) is 33.2 Å². The number of nitrogens with zero attached hydrogens (tertiary/aromatic N) is 3. The van der Waals surface area contributed by atoms with E-state index in [1.165, 1.54) is 11.0 Å². The Kier molecular flexibility index (Phi) is 3.73. The number of aromatic nitrogens is 2. The maximum Gasteiger partial charge on any atom is 0.286 e. The first-order chi connectivity index (χ1) is 11.0. The first-order valence-electron chi connectivity index (χ1n) is 6.77. The first-order valence-corrected chi connectivity index (χ1v) is 6.77. The van der Waals surface area contributed by atoms with Crippen LogP contribution in [-0.2, 0) is 13.0 Å². The molecule has 0 saturated heterocycles. The van der Waals surface area contributed by atoms with Crippen LogP contribution < -0.4 is 5.73 Å². The molecule has 6 nitrogen and oxygen atoms in total. The second-order valence-electron chi connectivity index (χ2n) is 5.05. The minimum Gasteiger partial charge on any atom is -0.363 e. The topological polar surface area (TPSA) is 89.2 Å². The number of hydrogen-bond acceptors (Lipinski definition) is 4. The Morgan fingerprint density at radius 2 is 2.04 bits per heavy atom. The van der Waals surface area contributed by atoms with Crippen LogP contribution in [0.3, 0.4) is 0 Å². The number of carbonyl (C=O) groups is 2.